The van der Waals surface area contributed by atoms with Crippen LogP contribution in [0.25, 0.3) is 10.9 Å². The molecule has 0 saturated heterocycles. The summed E-state index contributed by atoms with van der Waals surface area (Å²) in [7, 11) is 3.08. The van der Waals surface area contributed by atoms with Gasteiger partial charge in [-0.05, 0) is 30.3 Å². The zero-order valence-corrected chi connectivity index (χ0v) is 15.8. The first kappa shape index (κ1) is 18.7. The Morgan fingerprint density at radius 2 is 1.77 bits per heavy atom. The molecule has 0 aliphatic rings. The number of benzene rings is 2. The van der Waals surface area contributed by atoms with Gasteiger partial charge in [0.15, 0.2) is 0 Å². The minimum atomic E-state index is -0.671. The highest BCUT2D eigenvalue weighted by atomic mass is 35.5. The summed E-state index contributed by atoms with van der Waals surface area (Å²) in [6, 6.07) is 14.7. The van der Waals surface area contributed by atoms with Gasteiger partial charge in [-0.25, -0.2) is 0 Å². The lowest BCUT2D eigenvalue weighted by Crippen LogP contribution is -2.28. The van der Waals surface area contributed by atoms with Crippen molar-refractivity contribution in [3.05, 3.63) is 59.2 Å². The van der Waals surface area contributed by atoms with Crippen LogP contribution in [0, 0.1) is 0 Å². The molecule has 136 valence electrons. The van der Waals surface area contributed by atoms with Crippen LogP contribution in [0.4, 0.5) is 11.4 Å². The second-order valence-corrected chi connectivity index (χ2v) is 6.28. The molecule has 0 saturated carbocycles. The van der Waals surface area contributed by atoms with Crippen LogP contribution in [0.2, 0.25) is 5.02 Å². The monoisotopic (exact) mass is 392 g/mol. The van der Waals surface area contributed by atoms with Gasteiger partial charge in [0, 0.05) is 35.8 Å². The summed E-state index contributed by atoms with van der Waals surface area (Å²) in [4.78, 5) is 17.6. The number of alkyl halides is 1. The second kappa shape index (κ2) is 8.10. The first-order valence-electron chi connectivity index (χ1n) is 7.91. The van der Waals surface area contributed by atoms with Gasteiger partial charge in [-0.2, -0.15) is 0 Å². The number of nitrogens with one attached hydrogen (secondary N) is 1. The van der Waals surface area contributed by atoms with E-state index in [2.05, 4.69) is 4.98 Å². The van der Waals surface area contributed by atoms with Gasteiger partial charge < -0.3 is 14.5 Å². The lowest BCUT2D eigenvalue weighted by atomic mass is 10.1. The van der Waals surface area contributed by atoms with Crippen molar-refractivity contribution in [3.8, 4) is 0 Å². The van der Waals surface area contributed by atoms with Gasteiger partial charge in [0.2, 0.25) is 12.2 Å². The van der Waals surface area contributed by atoms with Crippen LogP contribution in [0.1, 0.15) is 12.0 Å². The molecule has 2 aromatic carbocycles. The van der Waals surface area contributed by atoms with Gasteiger partial charge in [0.1, 0.15) is 5.88 Å². The Morgan fingerprint density at radius 1 is 1.12 bits per heavy atom. The second-order valence-electron chi connectivity index (χ2n) is 5.58. The van der Waals surface area contributed by atoms with Gasteiger partial charge in [-0.1, -0.05) is 29.8 Å². The average molecular weight is 393 g/mol. The van der Waals surface area contributed by atoms with E-state index in [9.17, 15) is 4.79 Å². The Morgan fingerprint density at radius 3 is 2.38 bits per heavy atom. The third-order valence-corrected chi connectivity index (χ3v) is 4.52. The third-order valence-electron chi connectivity index (χ3n) is 4.04. The van der Waals surface area contributed by atoms with Crippen LogP contribution < -0.4 is 4.90 Å². The van der Waals surface area contributed by atoms with Crippen LogP contribution in [0.15, 0.2) is 48.5 Å². The average Bonchev–Trinajstić information content (AvgIpc) is 3.03. The fourth-order valence-electron chi connectivity index (χ4n) is 2.94. The number of ether oxygens (including phenoxy) is 2. The molecule has 0 unspecified atom stereocenters. The van der Waals surface area contributed by atoms with E-state index in [0.29, 0.717) is 22.1 Å². The van der Waals surface area contributed by atoms with Crippen molar-refractivity contribution in [3.63, 3.8) is 0 Å². The molecule has 1 N–H and O–H groups in total. The Labute approximate surface area is 161 Å². The molecule has 7 heteroatoms. The molecule has 0 aliphatic heterocycles. The Bertz CT molecular complexity index is 905. The van der Waals surface area contributed by atoms with Gasteiger partial charge in [0.05, 0.1) is 11.4 Å². The highest BCUT2D eigenvalue weighted by Crippen LogP contribution is 2.40. The SMILES string of the molecule is COC(OC)c1[nH]c2ccccc2c1N(C(=O)CCl)c1ccc(Cl)cc1. The zero-order valence-electron chi connectivity index (χ0n) is 14.3. The number of carbonyl (C=O) groups is 1. The topological polar surface area (TPSA) is 54.6 Å². The van der Waals surface area contributed by atoms with E-state index in [-0.39, 0.29) is 11.8 Å². The van der Waals surface area contributed by atoms with Crippen LogP contribution in [0.3, 0.4) is 0 Å². The molecule has 3 rings (SSSR count). The lowest BCUT2D eigenvalue weighted by molar-refractivity contribution is -0.115. The van der Waals surface area contributed by atoms with E-state index in [1.54, 1.807) is 43.4 Å². The van der Waals surface area contributed by atoms with Crippen molar-refractivity contribution < 1.29 is 14.3 Å². The standard InChI is InChI=1S/C19H18Cl2N2O3/c1-25-19(26-2)17-18(14-5-3-4-6-15(14)22-17)23(16(24)11-20)13-9-7-12(21)8-10-13/h3-10,19,22H,11H2,1-2H3. The molecule has 0 fully saturated rings. The number of para-hydroxylation sites is 1. The summed E-state index contributed by atoms with van der Waals surface area (Å²) in [6.07, 6.45) is -0.671. The Balaban J connectivity index is 2.28. The van der Waals surface area contributed by atoms with E-state index in [0.717, 1.165) is 10.9 Å². The molecule has 0 bridgehead atoms. The van der Waals surface area contributed by atoms with Crippen LogP contribution in [-0.2, 0) is 14.3 Å². The maximum Gasteiger partial charge on any atom is 0.246 e. The normalized spacial score (nSPS) is 11.3. The first-order chi connectivity index (χ1) is 12.6. The van der Waals surface area contributed by atoms with E-state index in [1.807, 2.05) is 24.3 Å². The number of anilines is 2. The summed E-state index contributed by atoms with van der Waals surface area (Å²) in [5.74, 6) is -0.447. The number of aromatic amines is 1. The van der Waals surface area contributed by atoms with Gasteiger partial charge in [0.25, 0.3) is 0 Å². The number of H-pyrrole nitrogens is 1. The molecular formula is C19H18Cl2N2O3. The number of methoxy groups -OCH3 is 2. The summed E-state index contributed by atoms with van der Waals surface area (Å²) >= 11 is 11.9. The van der Waals surface area contributed by atoms with Crippen molar-refractivity contribution in [1.29, 1.82) is 0 Å². The molecule has 0 radical (unpaired) electrons. The van der Waals surface area contributed by atoms with E-state index < -0.39 is 6.29 Å². The number of hydrogen-bond donors (Lipinski definition) is 1. The molecule has 0 atom stereocenters. The maximum absolute atomic E-state index is 12.8. The highest BCUT2D eigenvalue weighted by Gasteiger charge is 2.28. The fourth-order valence-corrected chi connectivity index (χ4v) is 3.18. The summed E-state index contributed by atoms with van der Waals surface area (Å²) < 4.78 is 10.9. The largest absolute Gasteiger partial charge is 0.352 e. The molecule has 3 aromatic rings. The van der Waals surface area contributed by atoms with Crippen LogP contribution >= 0.6 is 23.2 Å². The molecule has 0 aliphatic carbocycles. The van der Waals surface area contributed by atoms with Gasteiger partial charge in [-0.15, -0.1) is 11.6 Å². The van der Waals surface area contributed by atoms with Crippen LogP contribution in [-0.4, -0.2) is 31.0 Å². The number of hydrogen-bond acceptors (Lipinski definition) is 3. The number of fused-ring (bicyclic) bond motifs is 1. The van der Waals surface area contributed by atoms with Crippen molar-refractivity contribution in [2.75, 3.05) is 25.0 Å². The quantitative estimate of drug-likeness (QED) is 0.473. The number of rotatable bonds is 6. The molecule has 1 heterocycles. The van der Waals surface area contributed by atoms with Crippen LogP contribution in [0.5, 0.6) is 0 Å². The molecular weight excluding hydrogens is 375 g/mol. The smallest absolute Gasteiger partial charge is 0.246 e. The summed E-state index contributed by atoms with van der Waals surface area (Å²) in [5, 5.41) is 1.44. The number of carbonyl (C=O) groups excluding carboxylic acids is 1. The predicted octanol–water partition coefficient (Wildman–Crippen LogP) is 5.02. The lowest BCUT2D eigenvalue weighted by Gasteiger charge is -2.25. The van der Waals surface area contributed by atoms with Crippen molar-refractivity contribution in [2.45, 2.75) is 6.29 Å². The van der Waals surface area contributed by atoms with E-state index >= 15 is 0 Å². The van der Waals surface area contributed by atoms with Gasteiger partial charge in [-0.3, -0.25) is 9.69 Å². The maximum atomic E-state index is 12.8. The number of amides is 1. The zero-order chi connectivity index (χ0) is 18.7. The van der Waals surface area contributed by atoms with Crippen molar-refractivity contribution in [1.82, 2.24) is 4.98 Å². The highest BCUT2D eigenvalue weighted by molar-refractivity contribution is 6.31. The molecule has 5 nitrogen and oxygen atoms in total. The first-order valence-corrected chi connectivity index (χ1v) is 8.82. The molecule has 0 spiro atoms. The van der Waals surface area contributed by atoms with Crippen molar-refractivity contribution >= 4 is 51.4 Å². The predicted molar refractivity (Wildman–Crippen MR) is 104 cm³/mol. The third kappa shape index (κ3) is 3.44. The van der Waals surface area contributed by atoms with Gasteiger partial charge >= 0.3 is 0 Å². The molecule has 1 amide bonds. The Kier molecular flexibility index (Phi) is 5.84. The molecule has 26 heavy (non-hydrogen) atoms. The minimum absolute atomic E-state index is 0.174. The minimum Gasteiger partial charge on any atom is -0.352 e. The molecule has 1 aromatic heterocycles. The number of aromatic nitrogens is 1. The van der Waals surface area contributed by atoms with E-state index in [1.165, 1.54) is 0 Å². The summed E-state index contributed by atoms with van der Waals surface area (Å²) in [5.41, 5.74) is 2.78. The summed E-state index contributed by atoms with van der Waals surface area (Å²) in [6.45, 7) is 0. The number of halogens is 2. The number of nitrogens with zero attached hydrogens (tertiary/aromatic N) is 1. The fraction of sp³-hybridized carbons (Fsp3) is 0.211. The van der Waals surface area contributed by atoms with Crippen molar-refractivity contribution in [2.24, 2.45) is 0 Å². The van der Waals surface area contributed by atoms with E-state index in [4.69, 9.17) is 32.7 Å². The Hall–Kier alpha value is -2.05.